The number of hydrogen-bond donors (Lipinski definition) is 1. The molecule has 0 saturated carbocycles. The van der Waals surface area contributed by atoms with Gasteiger partial charge in [0.1, 0.15) is 0 Å². The minimum absolute atomic E-state index is 0.178. The van der Waals surface area contributed by atoms with Gasteiger partial charge in [-0.2, -0.15) is 0 Å². The third-order valence-electron chi connectivity index (χ3n) is 5.05. The van der Waals surface area contributed by atoms with Gasteiger partial charge in [0.05, 0.1) is 16.8 Å². The molecule has 1 aromatic heterocycles. The summed E-state index contributed by atoms with van der Waals surface area (Å²) < 4.78 is 0. The number of hydrogen-bond acceptors (Lipinski definition) is 2. The Morgan fingerprint density at radius 2 is 1.69 bits per heavy atom. The van der Waals surface area contributed by atoms with Gasteiger partial charge in [0.2, 0.25) is 0 Å². The molecule has 3 nitrogen and oxygen atoms in total. The summed E-state index contributed by atoms with van der Waals surface area (Å²) in [6.07, 6.45) is 0. The molecular formula is C25H21ClN2O. The van der Waals surface area contributed by atoms with E-state index in [9.17, 15) is 4.79 Å². The molecule has 0 radical (unpaired) electrons. The highest BCUT2D eigenvalue weighted by Gasteiger charge is 2.21. The molecular weight excluding hydrogens is 380 g/mol. The fraction of sp³-hybridized carbons (Fsp3) is 0.120. The van der Waals surface area contributed by atoms with Gasteiger partial charge in [0, 0.05) is 21.7 Å². The van der Waals surface area contributed by atoms with E-state index in [-0.39, 0.29) is 5.91 Å². The second-order valence-electron chi connectivity index (χ2n) is 7.25. The van der Waals surface area contributed by atoms with Gasteiger partial charge in [0.25, 0.3) is 5.91 Å². The van der Waals surface area contributed by atoms with Gasteiger partial charge in [-0.15, -0.1) is 0 Å². The van der Waals surface area contributed by atoms with Crippen LogP contribution in [0.25, 0.3) is 22.0 Å². The smallest absolute Gasteiger partial charge is 0.258 e. The van der Waals surface area contributed by atoms with Gasteiger partial charge >= 0.3 is 0 Å². The summed E-state index contributed by atoms with van der Waals surface area (Å²) in [5.74, 6) is -0.178. The van der Waals surface area contributed by atoms with E-state index in [2.05, 4.69) is 16.4 Å². The molecule has 144 valence electrons. The lowest BCUT2D eigenvalue weighted by atomic mass is 9.93. The monoisotopic (exact) mass is 400 g/mol. The number of fused-ring (bicyclic) bond motifs is 1. The second kappa shape index (κ2) is 7.69. The molecule has 3 aromatic carbocycles. The fourth-order valence-corrected chi connectivity index (χ4v) is 3.85. The van der Waals surface area contributed by atoms with Gasteiger partial charge in [-0.3, -0.25) is 9.78 Å². The molecule has 0 aliphatic carbocycles. The van der Waals surface area contributed by atoms with Crippen LogP contribution >= 0.6 is 11.6 Å². The van der Waals surface area contributed by atoms with Gasteiger partial charge in [-0.1, -0.05) is 59.6 Å². The van der Waals surface area contributed by atoms with Crippen LogP contribution in [0.4, 0.5) is 5.69 Å². The molecule has 0 bridgehead atoms. The molecule has 1 amide bonds. The van der Waals surface area contributed by atoms with E-state index in [4.69, 9.17) is 11.6 Å². The Morgan fingerprint density at radius 3 is 2.41 bits per heavy atom. The van der Waals surface area contributed by atoms with E-state index in [1.54, 1.807) is 0 Å². The number of nitrogens with one attached hydrogen (secondary N) is 1. The lowest BCUT2D eigenvalue weighted by Gasteiger charge is -2.17. The largest absolute Gasteiger partial charge is 0.322 e. The number of aromatic nitrogens is 1. The van der Waals surface area contributed by atoms with E-state index in [0.29, 0.717) is 16.3 Å². The number of carbonyl (C=O) groups excluding carboxylic acids is 1. The van der Waals surface area contributed by atoms with Crippen molar-refractivity contribution in [1.29, 1.82) is 0 Å². The molecule has 0 unspecified atom stereocenters. The minimum atomic E-state index is -0.178. The Balaban J connectivity index is 1.93. The number of halogens is 1. The lowest BCUT2D eigenvalue weighted by Crippen LogP contribution is -2.16. The topological polar surface area (TPSA) is 42.0 Å². The van der Waals surface area contributed by atoms with Crippen LogP contribution < -0.4 is 5.32 Å². The van der Waals surface area contributed by atoms with E-state index < -0.39 is 0 Å². The Bertz CT molecular complexity index is 1230. The highest BCUT2D eigenvalue weighted by Crippen LogP contribution is 2.35. The van der Waals surface area contributed by atoms with Crippen LogP contribution in [0.2, 0.25) is 5.02 Å². The zero-order valence-corrected chi connectivity index (χ0v) is 17.3. The number of nitrogens with zero attached hydrogens (tertiary/aromatic N) is 1. The van der Waals surface area contributed by atoms with Crippen LogP contribution in [0, 0.1) is 20.8 Å². The first-order valence-electron chi connectivity index (χ1n) is 9.48. The summed E-state index contributed by atoms with van der Waals surface area (Å²) in [6.45, 7) is 5.90. The van der Waals surface area contributed by atoms with E-state index >= 15 is 0 Å². The van der Waals surface area contributed by atoms with Crippen LogP contribution in [0.5, 0.6) is 0 Å². The van der Waals surface area contributed by atoms with Crippen LogP contribution in [-0.4, -0.2) is 10.9 Å². The number of benzene rings is 3. The van der Waals surface area contributed by atoms with Crippen molar-refractivity contribution in [3.8, 4) is 11.1 Å². The third kappa shape index (κ3) is 3.74. The lowest BCUT2D eigenvalue weighted by molar-refractivity contribution is 0.102. The highest BCUT2D eigenvalue weighted by atomic mass is 35.5. The molecule has 4 rings (SSSR count). The number of rotatable bonds is 3. The van der Waals surface area contributed by atoms with Gasteiger partial charge in [0.15, 0.2) is 0 Å². The summed E-state index contributed by atoms with van der Waals surface area (Å²) in [5, 5.41) is 4.55. The maximum Gasteiger partial charge on any atom is 0.258 e. The molecule has 0 saturated heterocycles. The predicted molar refractivity (Wildman–Crippen MR) is 121 cm³/mol. The number of amides is 1. The average molecular weight is 401 g/mol. The van der Waals surface area contributed by atoms with Crippen LogP contribution in [0.15, 0.2) is 66.7 Å². The Morgan fingerprint density at radius 1 is 0.931 bits per heavy atom. The van der Waals surface area contributed by atoms with Crippen molar-refractivity contribution in [2.45, 2.75) is 20.8 Å². The summed E-state index contributed by atoms with van der Waals surface area (Å²) in [5.41, 5.74) is 6.83. The average Bonchev–Trinajstić information content (AvgIpc) is 2.70. The first kappa shape index (κ1) is 19.2. The normalized spacial score (nSPS) is 10.9. The molecule has 4 heteroatoms. The third-order valence-corrected chi connectivity index (χ3v) is 5.28. The summed E-state index contributed by atoms with van der Waals surface area (Å²) in [6, 6.07) is 21.5. The maximum atomic E-state index is 13.4. The van der Waals surface area contributed by atoms with Crippen LogP contribution in [-0.2, 0) is 0 Å². The first-order valence-corrected chi connectivity index (χ1v) is 9.86. The second-order valence-corrected chi connectivity index (χ2v) is 7.68. The standard InChI is InChI=1S/C25H21ClN2O/c1-15-9-11-21(16(2)13-15)28-25(29)23-17(3)27-22-12-10-19(26)14-20(22)24(23)18-7-5-4-6-8-18/h4-14H,1-3H3,(H,28,29). The van der Waals surface area contributed by atoms with Crippen molar-refractivity contribution in [3.05, 3.63) is 94.1 Å². The number of pyridine rings is 1. The fourth-order valence-electron chi connectivity index (χ4n) is 3.68. The maximum absolute atomic E-state index is 13.4. The van der Waals surface area contributed by atoms with Crippen molar-refractivity contribution in [3.63, 3.8) is 0 Å². The molecule has 0 spiro atoms. The molecule has 0 fully saturated rings. The van der Waals surface area contributed by atoms with Gasteiger partial charge < -0.3 is 5.32 Å². The predicted octanol–water partition coefficient (Wildman–Crippen LogP) is 6.73. The zero-order chi connectivity index (χ0) is 20.5. The molecule has 4 aromatic rings. The minimum Gasteiger partial charge on any atom is -0.322 e. The summed E-state index contributed by atoms with van der Waals surface area (Å²) in [7, 11) is 0. The van der Waals surface area contributed by atoms with Gasteiger partial charge in [-0.25, -0.2) is 0 Å². The number of carbonyl (C=O) groups is 1. The zero-order valence-electron chi connectivity index (χ0n) is 16.6. The molecule has 1 heterocycles. The van der Waals surface area contributed by atoms with Crippen molar-refractivity contribution >= 4 is 34.1 Å². The van der Waals surface area contributed by atoms with Crippen molar-refractivity contribution in [1.82, 2.24) is 4.98 Å². The first-order chi connectivity index (χ1) is 13.9. The Labute approximate surface area is 175 Å². The van der Waals surface area contributed by atoms with Crippen LogP contribution in [0.1, 0.15) is 27.2 Å². The van der Waals surface area contributed by atoms with Crippen LogP contribution in [0.3, 0.4) is 0 Å². The number of aryl methyl sites for hydroxylation is 3. The van der Waals surface area contributed by atoms with E-state index in [1.165, 1.54) is 0 Å². The summed E-state index contributed by atoms with van der Waals surface area (Å²) >= 11 is 6.29. The van der Waals surface area contributed by atoms with Gasteiger partial charge in [-0.05, 0) is 56.2 Å². The molecule has 0 atom stereocenters. The molecule has 0 aliphatic heterocycles. The van der Waals surface area contributed by atoms with Crippen molar-refractivity contribution < 1.29 is 4.79 Å². The highest BCUT2D eigenvalue weighted by molar-refractivity contribution is 6.31. The van der Waals surface area contributed by atoms with Crippen molar-refractivity contribution in [2.75, 3.05) is 5.32 Å². The number of anilines is 1. The Hall–Kier alpha value is -3.17. The molecule has 0 aliphatic rings. The quantitative estimate of drug-likeness (QED) is 0.414. The van der Waals surface area contributed by atoms with E-state index in [1.807, 2.05) is 81.4 Å². The SMILES string of the molecule is Cc1ccc(NC(=O)c2c(C)nc3ccc(Cl)cc3c2-c2ccccc2)c(C)c1. The summed E-state index contributed by atoms with van der Waals surface area (Å²) in [4.78, 5) is 18.1. The van der Waals surface area contributed by atoms with Crippen molar-refractivity contribution in [2.24, 2.45) is 0 Å². The van der Waals surface area contributed by atoms with E-state index in [0.717, 1.165) is 38.8 Å². The Kier molecular flexibility index (Phi) is 5.08. The molecule has 29 heavy (non-hydrogen) atoms. The molecule has 1 N–H and O–H groups in total.